The third-order valence-corrected chi connectivity index (χ3v) is 2.89. The first-order valence-corrected chi connectivity index (χ1v) is 6.24. The van der Waals surface area contributed by atoms with E-state index in [1.165, 1.54) is 4.90 Å². The Bertz CT molecular complexity index is 517. The van der Waals surface area contributed by atoms with Crippen LogP contribution in [0.3, 0.4) is 0 Å². The highest BCUT2D eigenvalue weighted by atomic mass is 16.2. The summed E-state index contributed by atoms with van der Waals surface area (Å²) in [6.07, 6.45) is 5.36. The summed E-state index contributed by atoms with van der Waals surface area (Å²) in [5.41, 5.74) is 7.17. The van der Waals surface area contributed by atoms with Crippen LogP contribution in [0.1, 0.15) is 22.3 Å². The molecule has 2 amide bonds. The fourth-order valence-electron chi connectivity index (χ4n) is 1.76. The summed E-state index contributed by atoms with van der Waals surface area (Å²) in [5, 5.41) is 2.55. The van der Waals surface area contributed by atoms with Gasteiger partial charge >= 0.3 is 0 Å². The predicted molar refractivity (Wildman–Crippen MR) is 77.7 cm³/mol. The van der Waals surface area contributed by atoms with Crippen molar-refractivity contribution in [3.8, 4) is 12.3 Å². The molecular formula is C15H19N3O2. The summed E-state index contributed by atoms with van der Waals surface area (Å²) in [7, 11) is 3.25. The number of hydrogen-bond acceptors (Lipinski definition) is 3. The molecule has 5 nitrogen and oxygen atoms in total. The summed E-state index contributed by atoms with van der Waals surface area (Å²) in [5.74, 6) is 2.04. The van der Waals surface area contributed by atoms with Crippen LogP contribution >= 0.6 is 0 Å². The van der Waals surface area contributed by atoms with E-state index in [4.69, 9.17) is 12.2 Å². The maximum Gasteiger partial charge on any atom is 0.251 e. The average Bonchev–Trinajstić information content (AvgIpc) is 2.46. The monoisotopic (exact) mass is 273 g/mol. The molecule has 0 aliphatic heterocycles. The highest BCUT2D eigenvalue weighted by Crippen LogP contribution is 2.08. The Hall–Kier alpha value is -2.32. The van der Waals surface area contributed by atoms with Crippen molar-refractivity contribution in [3.63, 3.8) is 0 Å². The van der Waals surface area contributed by atoms with Crippen LogP contribution in [0.4, 0.5) is 0 Å². The molecule has 1 rings (SSSR count). The van der Waals surface area contributed by atoms with E-state index in [1.807, 2.05) is 0 Å². The van der Waals surface area contributed by atoms with E-state index in [2.05, 4.69) is 11.2 Å². The zero-order chi connectivity index (χ0) is 15.1. The molecule has 106 valence electrons. The van der Waals surface area contributed by atoms with Crippen molar-refractivity contribution < 1.29 is 9.59 Å². The van der Waals surface area contributed by atoms with E-state index in [0.717, 1.165) is 5.56 Å². The van der Waals surface area contributed by atoms with Crippen LogP contribution in [-0.4, -0.2) is 36.9 Å². The Morgan fingerprint density at radius 3 is 2.50 bits per heavy atom. The number of likely N-dealkylation sites (N-methyl/N-ethyl adjacent to an activating group) is 1. The molecule has 0 heterocycles. The van der Waals surface area contributed by atoms with Gasteiger partial charge in [-0.2, -0.15) is 0 Å². The summed E-state index contributed by atoms with van der Waals surface area (Å²) >= 11 is 0. The molecule has 0 saturated carbocycles. The number of hydrogen-bond donors (Lipinski definition) is 2. The summed E-state index contributed by atoms with van der Waals surface area (Å²) in [4.78, 5) is 24.8. The summed E-state index contributed by atoms with van der Waals surface area (Å²) in [6.45, 7) is 0.422. The SMILES string of the molecule is C#CCC(N)C(=O)N(C)Cc1ccc(C(=O)NC)cc1. The van der Waals surface area contributed by atoms with Gasteiger partial charge in [0.1, 0.15) is 0 Å². The van der Waals surface area contributed by atoms with Gasteiger partial charge in [0.2, 0.25) is 5.91 Å². The summed E-state index contributed by atoms with van der Waals surface area (Å²) < 4.78 is 0. The summed E-state index contributed by atoms with van der Waals surface area (Å²) in [6, 6.07) is 6.37. The van der Waals surface area contributed by atoms with Crippen LogP contribution in [0.25, 0.3) is 0 Å². The van der Waals surface area contributed by atoms with Gasteiger partial charge in [-0.1, -0.05) is 12.1 Å². The highest BCUT2D eigenvalue weighted by Gasteiger charge is 2.17. The largest absolute Gasteiger partial charge is 0.355 e. The van der Waals surface area contributed by atoms with Gasteiger partial charge in [0.25, 0.3) is 5.91 Å². The second kappa shape index (κ2) is 7.31. The molecule has 0 radical (unpaired) electrons. The molecule has 0 aliphatic carbocycles. The van der Waals surface area contributed by atoms with Crippen molar-refractivity contribution in [1.82, 2.24) is 10.2 Å². The minimum Gasteiger partial charge on any atom is -0.355 e. The van der Waals surface area contributed by atoms with Crippen LogP contribution in [0.5, 0.6) is 0 Å². The van der Waals surface area contributed by atoms with Gasteiger partial charge in [-0.05, 0) is 17.7 Å². The van der Waals surface area contributed by atoms with Crippen LogP contribution < -0.4 is 11.1 Å². The maximum atomic E-state index is 11.9. The first kappa shape index (κ1) is 15.7. The molecule has 1 unspecified atom stereocenters. The molecule has 0 fully saturated rings. The predicted octanol–water partition coefficient (Wildman–Crippen LogP) is 0.355. The Balaban J connectivity index is 2.67. The third-order valence-electron chi connectivity index (χ3n) is 2.89. The number of nitrogens with two attached hydrogens (primary N) is 1. The number of benzene rings is 1. The molecule has 1 atom stereocenters. The van der Waals surface area contributed by atoms with Crippen molar-refractivity contribution in [2.75, 3.05) is 14.1 Å². The fraction of sp³-hybridized carbons (Fsp3) is 0.333. The molecule has 3 N–H and O–H groups in total. The topological polar surface area (TPSA) is 75.4 Å². The normalized spacial score (nSPS) is 11.3. The van der Waals surface area contributed by atoms with Gasteiger partial charge in [-0.15, -0.1) is 12.3 Å². The third kappa shape index (κ3) is 4.11. The van der Waals surface area contributed by atoms with Gasteiger partial charge in [0.05, 0.1) is 6.04 Å². The molecule has 0 spiro atoms. The van der Waals surface area contributed by atoms with Crippen molar-refractivity contribution in [2.45, 2.75) is 19.0 Å². The van der Waals surface area contributed by atoms with Crippen molar-refractivity contribution in [3.05, 3.63) is 35.4 Å². The zero-order valence-corrected chi connectivity index (χ0v) is 11.7. The first-order valence-electron chi connectivity index (χ1n) is 6.24. The Morgan fingerprint density at radius 2 is 2.00 bits per heavy atom. The van der Waals surface area contributed by atoms with Crippen molar-refractivity contribution in [1.29, 1.82) is 0 Å². The number of nitrogens with zero attached hydrogens (tertiary/aromatic N) is 1. The highest BCUT2D eigenvalue weighted by molar-refractivity contribution is 5.93. The van der Waals surface area contributed by atoms with E-state index in [-0.39, 0.29) is 18.2 Å². The molecule has 5 heteroatoms. The molecule has 0 saturated heterocycles. The van der Waals surface area contributed by atoms with Gasteiger partial charge in [0.15, 0.2) is 0 Å². The first-order chi connectivity index (χ1) is 9.49. The number of nitrogens with one attached hydrogen (secondary N) is 1. The van der Waals surface area contributed by atoms with Gasteiger partial charge in [-0.25, -0.2) is 0 Å². The Morgan fingerprint density at radius 1 is 1.40 bits per heavy atom. The number of carbonyl (C=O) groups is 2. The lowest BCUT2D eigenvalue weighted by atomic mass is 10.1. The lowest BCUT2D eigenvalue weighted by molar-refractivity contribution is -0.131. The van der Waals surface area contributed by atoms with E-state index < -0.39 is 6.04 Å². The van der Waals surface area contributed by atoms with Gasteiger partial charge in [0, 0.05) is 32.6 Å². The molecule has 1 aromatic rings. The fourth-order valence-corrected chi connectivity index (χ4v) is 1.76. The van der Waals surface area contributed by atoms with Crippen molar-refractivity contribution in [2.24, 2.45) is 5.73 Å². The van der Waals surface area contributed by atoms with Crippen LogP contribution in [0.2, 0.25) is 0 Å². The quantitative estimate of drug-likeness (QED) is 0.760. The Kier molecular flexibility index (Phi) is 5.75. The van der Waals surface area contributed by atoms with Crippen LogP contribution in [-0.2, 0) is 11.3 Å². The molecule has 1 aromatic carbocycles. The van der Waals surface area contributed by atoms with Crippen LogP contribution in [0.15, 0.2) is 24.3 Å². The molecule has 20 heavy (non-hydrogen) atoms. The van der Waals surface area contributed by atoms with Gasteiger partial charge in [-0.3, -0.25) is 9.59 Å². The van der Waals surface area contributed by atoms with Gasteiger partial charge < -0.3 is 16.0 Å². The average molecular weight is 273 g/mol. The second-order valence-electron chi connectivity index (χ2n) is 4.49. The smallest absolute Gasteiger partial charge is 0.251 e. The molecule has 0 aromatic heterocycles. The Labute approximate surface area is 119 Å². The molecule has 0 aliphatic rings. The lowest BCUT2D eigenvalue weighted by Gasteiger charge is -2.20. The lowest BCUT2D eigenvalue weighted by Crippen LogP contribution is -2.41. The maximum absolute atomic E-state index is 11.9. The standard InChI is InChI=1S/C15H19N3O2/c1-4-5-13(16)15(20)18(3)10-11-6-8-12(9-7-11)14(19)17-2/h1,6-9,13H,5,10,16H2,2-3H3,(H,17,19). The van der Waals surface area contributed by atoms with E-state index >= 15 is 0 Å². The molecule has 0 bridgehead atoms. The molecular weight excluding hydrogens is 254 g/mol. The van der Waals surface area contributed by atoms with E-state index in [0.29, 0.717) is 12.1 Å². The number of carbonyl (C=O) groups excluding carboxylic acids is 2. The number of amides is 2. The van der Waals surface area contributed by atoms with Crippen molar-refractivity contribution >= 4 is 11.8 Å². The second-order valence-corrected chi connectivity index (χ2v) is 4.49. The number of rotatable bonds is 5. The zero-order valence-electron chi connectivity index (χ0n) is 11.7. The minimum absolute atomic E-state index is 0.142. The van der Waals surface area contributed by atoms with E-state index in [1.54, 1.807) is 38.4 Å². The number of terminal acetylenes is 1. The minimum atomic E-state index is -0.671. The van der Waals surface area contributed by atoms with E-state index in [9.17, 15) is 9.59 Å². The van der Waals surface area contributed by atoms with Crippen LogP contribution in [0, 0.1) is 12.3 Å².